The van der Waals surface area contributed by atoms with Gasteiger partial charge in [0.1, 0.15) is 5.75 Å². The second kappa shape index (κ2) is 17.7. The van der Waals surface area contributed by atoms with Gasteiger partial charge in [-0.25, -0.2) is 9.97 Å². The van der Waals surface area contributed by atoms with Gasteiger partial charge in [-0.2, -0.15) is 0 Å². The van der Waals surface area contributed by atoms with Crippen molar-refractivity contribution in [3.05, 3.63) is 42.2 Å². The van der Waals surface area contributed by atoms with Crippen LogP contribution in [0.2, 0.25) is 0 Å². The van der Waals surface area contributed by atoms with Crippen LogP contribution in [0.15, 0.2) is 36.7 Å². The van der Waals surface area contributed by atoms with Crippen molar-refractivity contribution < 1.29 is 9.53 Å². The molecule has 0 amide bonds. The summed E-state index contributed by atoms with van der Waals surface area (Å²) in [6.07, 6.45) is 30.1. The van der Waals surface area contributed by atoms with Crippen LogP contribution in [0, 0.1) is 23.7 Å². The van der Waals surface area contributed by atoms with E-state index in [2.05, 4.69) is 23.8 Å². The summed E-state index contributed by atoms with van der Waals surface area (Å²) in [5.41, 5.74) is 2.12. The number of nitrogens with zero attached hydrogens (tertiary/aromatic N) is 2. The third kappa shape index (κ3) is 10.5. The van der Waals surface area contributed by atoms with Crippen LogP contribution in [0.1, 0.15) is 141 Å². The molecule has 0 unspecified atom stereocenters. The van der Waals surface area contributed by atoms with Gasteiger partial charge < -0.3 is 4.74 Å². The Morgan fingerprint density at radius 1 is 0.707 bits per heavy atom. The summed E-state index contributed by atoms with van der Waals surface area (Å²) in [7, 11) is 0. The van der Waals surface area contributed by atoms with Gasteiger partial charge in [0.05, 0.1) is 5.92 Å². The number of hydrogen-bond donors (Lipinski definition) is 0. The van der Waals surface area contributed by atoms with Crippen LogP contribution in [0.25, 0.3) is 11.4 Å². The van der Waals surface area contributed by atoms with E-state index in [0.717, 1.165) is 49.0 Å². The monoisotopic (exact) mass is 560 g/mol. The molecular formula is C37H56N2O2. The van der Waals surface area contributed by atoms with Gasteiger partial charge in [0.25, 0.3) is 0 Å². The van der Waals surface area contributed by atoms with E-state index in [0.29, 0.717) is 11.6 Å². The molecule has 4 rings (SSSR count). The molecule has 2 aromatic rings. The normalized spacial score (nSPS) is 22.9. The second-order valence-corrected chi connectivity index (χ2v) is 13.1. The number of ether oxygens (including phenoxy) is 1. The van der Waals surface area contributed by atoms with Crippen molar-refractivity contribution in [3.8, 4) is 17.1 Å². The Morgan fingerprint density at radius 2 is 1.27 bits per heavy atom. The molecule has 41 heavy (non-hydrogen) atoms. The maximum atomic E-state index is 12.9. The van der Waals surface area contributed by atoms with E-state index in [9.17, 15) is 4.79 Å². The zero-order valence-electron chi connectivity index (χ0n) is 26.1. The molecule has 2 aliphatic carbocycles. The highest BCUT2D eigenvalue weighted by molar-refractivity contribution is 5.75. The Kier molecular flexibility index (Phi) is 13.7. The number of carbonyl (C=O) groups is 1. The molecule has 1 aromatic carbocycles. The molecule has 1 aromatic heterocycles. The Balaban J connectivity index is 1.10. The van der Waals surface area contributed by atoms with Gasteiger partial charge in [-0.05, 0) is 98.9 Å². The average Bonchev–Trinajstić information content (AvgIpc) is 3.02. The van der Waals surface area contributed by atoms with Crippen LogP contribution < -0.4 is 4.74 Å². The minimum absolute atomic E-state index is 0.0447. The number of carbonyl (C=O) groups excluding carboxylic acids is 1. The SMILES string of the molecule is CCCCCCCCCC[C@H]1CC[C@H]([C@H]2CC[C@H](C(=O)Oc3ccc(-c4ncc(CCCC)cn4)cc3)CC2)CC1. The smallest absolute Gasteiger partial charge is 0.314 e. The predicted molar refractivity (Wildman–Crippen MR) is 170 cm³/mol. The van der Waals surface area contributed by atoms with Crippen LogP contribution in [-0.2, 0) is 11.2 Å². The Bertz CT molecular complexity index is 987. The molecule has 0 saturated heterocycles. The van der Waals surface area contributed by atoms with Crippen molar-refractivity contribution >= 4 is 5.97 Å². The third-order valence-electron chi connectivity index (χ3n) is 9.98. The number of aryl methyl sites for hydroxylation is 1. The quantitative estimate of drug-likeness (QED) is 0.116. The maximum absolute atomic E-state index is 12.9. The number of unbranched alkanes of at least 4 members (excludes halogenated alkanes) is 8. The first kappa shape index (κ1) is 31.7. The summed E-state index contributed by atoms with van der Waals surface area (Å²) < 4.78 is 5.80. The van der Waals surface area contributed by atoms with E-state index in [1.165, 1.54) is 108 Å². The topological polar surface area (TPSA) is 52.1 Å². The van der Waals surface area contributed by atoms with Crippen LogP contribution in [0.5, 0.6) is 5.75 Å². The van der Waals surface area contributed by atoms with Crippen LogP contribution >= 0.6 is 0 Å². The van der Waals surface area contributed by atoms with Gasteiger partial charge in [-0.15, -0.1) is 0 Å². The zero-order valence-corrected chi connectivity index (χ0v) is 26.1. The highest BCUT2D eigenvalue weighted by Crippen LogP contribution is 2.42. The van der Waals surface area contributed by atoms with Crippen molar-refractivity contribution in [1.82, 2.24) is 9.97 Å². The number of rotatable bonds is 16. The molecule has 2 saturated carbocycles. The minimum atomic E-state index is -0.0539. The average molecular weight is 561 g/mol. The lowest BCUT2D eigenvalue weighted by Gasteiger charge is -2.37. The Morgan fingerprint density at radius 3 is 1.88 bits per heavy atom. The van der Waals surface area contributed by atoms with E-state index in [1.54, 1.807) is 0 Å². The summed E-state index contributed by atoms with van der Waals surface area (Å²) in [4.78, 5) is 22.0. The first-order chi connectivity index (χ1) is 20.2. The lowest BCUT2D eigenvalue weighted by atomic mass is 9.68. The molecular weight excluding hydrogens is 504 g/mol. The number of hydrogen-bond acceptors (Lipinski definition) is 4. The van der Waals surface area contributed by atoms with Crippen molar-refractivity contribution in [2.24, 2.45) is 23.7 Å². The van der Waals surface area contributed by atoms with Gasteiger partial charge in [-0.1, -0.05) is 90.9 Å². The first-order valence-corrected chi connectivity index (χ1v) is 17.3. The van der Waals surface area contributed by atoms with Gasteiger partial charge in [-0.3, -0.25) is 4.79 Å². The van der Waals surface area contributed by atoms with Crippen molar-refractivity contribution in [2.75, 3.05) is 0 Å². The van der Waals surface area contributed by atoms with E-state index in [1.807, 2.05) is 36.7 Å². The summed E-state index contributed by atoms with van der Waals surface area (Å²) in [6.45, 7) is 4.49. The van der Waals surface area contributed by atoms with Crippen LogP contribution in [0.3, 0.4) is 0 Å². The van der Waals surface area contributed by atoms with E-state index < -0.39 is 0 Å². The third-order valence-corrected chi connectivity index (χ3v) is 9.98. The van der Waals surface area contributed by atoms with Gasteiger partial charge in [0.2, 0.25) is 0 Å². The van der Waals surface area contributed by atoms with Crippen molar-refractivity contribution in [3.63, 3.8) is 0 Å². The van der Waals surface area contributed by atoms with Gasteiger partial charge >= 0.3 is 5.97 Å². The first-order valence-electron chi connectivity index (χ1n) is 17.3. The second-order valence-electron chi connectivity index (χ2n) is 13.1. The summed E-state index contributed by atoms with van der Waals surface area (Å²) in [6, 6.07) is 7.65. The summed E-state index contributed by atoms with van der Waals surface area (Å²) in [5.74, 6) is 4.00. The number of esters is 1. The van der Waals surface area contributed by atoms with Gasteiger partial charge in [0.15, 0.2) is 5.82 Å². The fraction of sp³-hybridized carbons (Fsp3) is 0.703. The molecule has 0 N–H and O–H groups in total. The molecule has 226 valence electrons. The highest BCUT2D eigenvalue weighted by atomic mass is 16.5. The van der Waals surface area contributed by atoms with E-state index >= 15 is 0 Å². The van der Waals surface area contributed by atoms with Gasteiger partial charge in [0, 0.05) is 18.0 Å². The molecule has 4 nitrogen and oxygen atoms in total. The molecule has 0 bridgehead atoms. The lowest BCUT2D eigenvalue weighted by molar-refractivity contribution is -0.140. The Hall–Kier alpha value is -2.23. The van der Waals surface area contributed by atoms with Crippen LogP contribution in [0.4, 0.5) is 0 Å². The summed E-state index contributed by atoms with van der Waals surface area (Å²) in [5, 5.41) is 0. The molecule has 0 aliphatic heterocycles. The van der Waals surface area contributed by atoms with Crippen LogP contribution in [-0.4, -0.2) is 15.9 Å². The molecule has 2 fully saturated rings. The number of aromatic nitrogens is 2. The maximum Gasteiger partial charge on any atom is 0.314 e. The fourth-order valence-electron chi connectivity index (χ4n) is 7.23. The standard InChI is InChI=1S/C37H56N2O2/c1-3-5-7-8-9-10-11-12-14-29-15-17-31(18-16-29)32-19-21-34(22-20-32)37(40)41-35-25-23-33(24-26-35)36-38-27-30(28-39-36)13-6-4-2/h23-29,31-32,34H,3-22H2,1-2H3/t29-,31-,32-,34-. The van der Waals surface area contributed by atoms with Crippen molar-refractivity contribution in [2.45, 2.75) is 142 Å². The molecule has 0 radical (unpaired) electrons. The Labute approximate surface area is 250 Å². The zero-order chi connectivity index (χ0) is 28.7. The minimum Gasteiger partial charge on any atom is -0.426 e. The molecule has 0 atom stereocenters. The predicted octanol–water partition coefficient (Wildman–Crippen LogP) is 10.5. The fourth-order valence-corrected chi connectivity index (χ4v) is 7.23. The molecule has 1 heterocycles. The highest BCUT2D eigenvalue weighted by Gasteiger charge is 2.33. The largest absolute Gasteiger partial charge is 0.426 e. The molecule has 0 spiro atoms. The molecule has 4 heteroatoms. The van der Waals surface area contributed by atoms with Crippen molar-refractivity contribution in [1.29, 1.82) is 0 Å². The lowest BCUT2D eigenvalue weighted by Crippen LogP contribution is -2.30. The number of benzene rings is 1. The van der Waals surface area contributed by atoms with E-state index in [4.69, 9.17) is 4.74 Å². The van der Waals surface area contributed by atoms with E-state index in [-0.39, 0.29) is 11.9 Å². The molecule has 2 aliphatic rings. The summed E-state index contributed by atoms with van der Waals surface area (Å²) >= 11 is 0.